The summed E-state index contributed by atoms with van der Waals surface area (Å²) in [6.45, 7) is -1.07. The van der Waals surface area contributed by atoms with Crippen LogP contribution in [0.25, 0.3) is 0 Å². The molecule has 0 unspecified atom stereocenters. The SMILES string of the molecule is C#CCCNOCC(F)(F)F. The average molecular weight is 167 g/mol. The quantitative estimate of drug-likeness (QED) is 0.384. The molecule has 0 rings (SSSR count). The molecule has 5 heteroatoms. The van der Waals surface area contributed by atoms with Gasteiger partial charge in [0.25, 0.3) is 0 Å². The summed E-state index contributed by atoms with van der Waals surface area (Å²) in [6, 6.07) is 0. The molecule has 0 amide bonds. The van der Waals surface area contributed by atoms with Crippen LogP contribution in [-0.2, 0) is 4.84 Å². The zero-order chi connectivity index (χ0) is 8.74. The van der Waals surface area contributed by atoms with E-state index in [4.69, 9.17) is 6.42 Å². The minimum Gasteiger partial charge on any atom is -0.292 e. The molecule has 2 nitrogen and oxygen atoms in total. The molecular formula is C6H8F3NO. The lowest BCUT2D eigenvalue weighted by atomic mass is 10.5. The van der Waals surface area contributed by atoms with Crippen molar-refractivity contribution in [2.75, 3.05) is 13.2 Å². The van der Waals surface area contributed by atoms with Gasteiger partial charge in [-0.3, -0.25) is 4.84 Å². The Hall–Kier alpha value is -0.730. The van der Waals surface area contributed by atoms with Crippen molar-refractivity contribution in [3.05, 3.63) is 0 Å². The van der Waals surface area contributed by atoms with Gasteiger partial charge in [0.1, 0.15) is 0 Å². The van der Waals surface area contributed by atoms with Crippen LogP contribution in [0, 0.1) is 12.3 Å². The molecule has 0 aliphatic rings. The van der Waals surface area contributed by atoms with Crippen molar-refractivity contribution in [3.8, 4) is 12.3 Å². The summed E-state index contributed by atoms with van der Waals surface area (Å²) in [5, 5.41) is 0. The van der Waals surface area contributed by atoms with E-state index in [0.29, 0.717) is 6.42 Å². The third kappa shape index (κ3) is 9.27. The van der Waals surface area contributed by atoms with Gasteiger partial charge in [-0.1, -0.05) is 0 Å². The number of alkyl halides is 3. The summed E-state index contributed by atoms with van der Waals surface area (Å²) >= 11 is 0. The molecule has 0 radical (unpaired) electrons. The Morgan fingerprint density at radius 1 is 1.45 bits per heavy atom. The van der Waals surface area contributed by atoms with Crippen molar-refractivity contribution in [2.45, 2.75) is 12.6 Å². The van der Waals surface area contributed by atoms with Gasteiger partial charge < -0.3 is 0 Å². The maximum Gasteiger partial charge on any atom is 0.413 e. The highest BCUT2D eigenvalue weighted by Gasteiger charge is 2.27. The molecule has 0 saturated carbocycles. The molecule has 0 atom stereocenters. The number of hydroxylamine groups is 1. The lowest BCUT2D eigenvalue weighted by Gasteiger charge is -2.06. The standard InChI is InChI=1S/C6H8F3NO/c1-2-3-4-10-11-5-6(7,8)9/h1,10H,3-5H2. The van der Waals surface area contributed by atoms with Gasteiger partial charge in [-0.15, -0.1) is 12.3 Å². The smallest absolute Gasteiger partial charge is 0.292 e. The molecule has 64 valence electrons. The van der Waals surface area contributed by atoms with Crippen LogP contribution in [0.2, 0.25) is 0 Å². The fourth-order valence-electron chi connectivity index (χ4n) is 0.328. The average Bonchev–Trinajstić information content (AvgIpc) is 1.85. The van der Waals surface area contributed by atoms with E-state index in [2.05, 4.69) is 16.2 Å². The van der Waals surface area contributed by atoms with Gasteiger partial charge in [0.05, 0.1) is 0 Å². The van der Waals surface area contributed by atoms with Crippen LogP contribution in [0.5, 0.6) is 0 Å². The van der Waals surface area contributed by atoms with Crippen molar-refractivity contribution < 1.29 is 18.0 Å². The molecule has 1 N–H and O–H groups in total. The zero-order valence-electron chi connectivity index (χ0n) is 5.74. The summed E-state index contributed by atoms with van der Waals surface area (Å²) in [7, 11) is 0. The molecule has 0 aromatic heterocycles. The molecule has 11 heavy (non-hydrogen) atoms. The monoisotopic (exact) mass is 167 g/mol. The number of hydrogen-bond acceptors (Lipinski definition) is 2. The molecule has 0 saturated heterocycles. The highest BCUT2D eigenvalue weighted by atomic mass is 19.4. The summed E-state index contributed by atoms with van der Waals surface area (Å²) in [5.41, 5.74) is 2.08. The first kappa shape index (κ1) is 10.3. The van der Waals surface area contributed by atoms with E-state index in [1.807, 2.05) is 0 Å². The Balaban J connectivity index is 3.10. The summed E-state index contributed by atoms with van der Waals surface area (Å²) in [6.07, 6.45) is 0.885. The van der Waals surface area contributed by atoms with Crippen LogP contribution in [0.15, 0.2) is 0 Å². The van der Waals surface area contributed by atoms with Crippen LogP contribution >= 0.6 is 0 Å². The third-order valence-corrected chi connectivity index (χ3v) is 0.709. The van der Waals surface area contributed by atoms with Crippen LogP contribution in [0.1, 0.15) is 6.42 Å². The topological polar surface area (TPSA) is 21.3 Å². The molecule has 0 aromatic carbocycles. The van der Waals surface area contributed by atoms with Gasteiger partial charge >= 0.3 is 6.18 Å². The Morgan fingerprint density at radius 3 is 2.55 bits per heavy atom. The highest BCUT2D eigenvalue weighted by Crippen LogP contribution is 2.13. The minimum atomic E-state index is -4.29. The molecule has 0 fully saturated rings. The number of hydrogen-bond donors (Lipinski definition) is 1. The predicted molar refractivity (Wildman–Crippen MR) is 33.5 cm³/mol. The largest absolute Gasteiger partial charge is 0.413 e. The number of terminal acetylenes is 1. The van der Waals surface area contributed by atoms with Gasteiger partial charge in [0, 0.05) is 13.0 Å². The summed E-state index contributed by atoms with van der Waals surface area (Å²) in [4.78, 5) is 4.03. The van der Waals surface area contributed by atoms with E-state index in [-0.39, 0.29) is 6.54 Å². The van der Waals surface area contributed by atoms with Gasteiger partial charge in [-0.05, 0) is 0 Å². The van der Waals surface area contributed by atoms with Crippen LogP contribution < -0.4 is 5.48 Å². The first-order chi connectivity index (χ1) is 5.06. The number of halogens is 3. The Morgan fingerprint density at radius 2 is 2.09 bits per heavy atom. The first-order valence-electron chi connectivity index (χ1n) is 2.91. The zero-order valence-corrected chi connectivity index (χ0v) is 5.74. The van der Waals surface area contributed by atoms with E-state index in [9.17, 15) is 13.2 Å². The highest BCUT2D eigenvalue weighted by molar-refractivity contribution is 4.83. The van der Waals surface area contributed by atoms with Crippen molar-refractivity contribution in [1.29, 1.82) is 0 Å². The summed E-state index contributed by atoms with van der Waals surface area (Å²) in [5.74, 6) is 2.24. The second-order valence-electron chi connectivity index (χ2n) is 1.75. The van der Waals surface area contributed by atoms with Gasteiger partial charge in [0.15, 0.2) is 6.61 Å². The van der Waals surface area contributed by atoms with Crippen LogP contribution in [0.3, 0.4) is 0 Å². The van der Waals surface area contributed by atoms with Crippen LogP contribution in [-0.4, -0.2) is 19.3 Å². The van der Waals surface area contributed by atoms with Crippen molar-refractivity contribution in [1.82, 2.24) is 5.48 Å². The van der Waals surface area contributed by atoms with Crippen molar-refractivity contribution in [3.63, 3.8) is 0 Å². The lowest BCUT2D eigenvalue weighted by Crippen LogP contribution is -2.25. The minimum absolute atomic E-state index is 0.229. The van der Waals surface area contributed by atoms with E-state index < -0.39 is 12.8 Å². The Kier molecular flexibility index (Phi) is 4.66. The normalized spacial score (nSPS) is 11.1. The number of rotatable bonds is 4. The third-order valence-electron chi connectivity index (χ3n) is 0.709. The van der Waals surface area contributed by atoms with E-state index in [0.717, 1.165) is 0 Å². The van der Waals surface area contributed by atoms with Crippen molar-refractivity contribution in [2.24, 2.45) is 0 Å². The fraction of sp³-hybridized carbons (Fsp3) is 0.667. The van der Waals surface area contributed by atoms with E-state index in [1.165, 1.54) is 0 Å². The van der Waals surface area contributed by atoms with Gasteiger partial charge in [-0.25, -0.2) is 5.48 Å². The lowest BCUT2D eigenvalue weighted by molar-refractivity contribution is -0.189. The van der Waals surface area contributed by atoms with Crippen molar-refractivity contribution >= 4 is 0 Å². The molecular weight excluding hydrogens is 159 g/mol. The maximum atomic E-state index is 11.4. The first-order valence-corrected chi connectivity index (χ1v) is 2.91. The molecule has 0 heterocycles. The van der Waals surface area contributed by atoms with Gasteiger partial charge in [-0.2, -0.15) is 13.2 Å². The molecule has 0 aliphatic carbocycles. The second-order valence-corrected chi connectivity index (χ2v) is 1.75. The maximum absolute atomic E-state index is 11.4. The number of nitrogens with one attached hydrogen (secondary N) is 1. The Labute approximate surface area is 62.7 Å². The summed E-state index contributed by atoms with van der Waals surface area (Å²) < 4.78 is 34.1. The van der Waals surface area contributed by atoms with Gasteiger partial charge in [0.2, 0.25) is 0 Å². The fourth-order valence-corrected chi connectivity index (χ4v) is 0.328. The Bertz CT molecular complexity index is 138. The van der Waals surface area contributed by atoms with E-state index in [1.54, 1.807) is 0 Å². The molecule has 0 aliphatic heterocycles. The predicted octanol–water partition coefficient (Wildman–Crippen LogP) is 1.09. The van der Waals surface area contributed by atoms with Crippen LogP contribution in [0.4, 0.5) is 13.2 Å². The second kappa shape index (κ2) is 4.99. The molecule has 0 bridgehead atoms. The van der Waals surface area contributed by atoms with E-state index >= 15 is 0 Å². The molecule has 0 spiro atoms. The molecule has 0 aromatic rings.